The fourth-order valence-corrected chi connectivity index (χ4v) is 2.83. The fourth-order valence-electron chi connectivity index (χ4n) is 2.83. The van der Waals surface area contributed by atoms with Crippen molar-refractivity contribution >= 4 is 10.9 Å². The maximum Gasteiger partial charge on any atom is 0.275 e. The number of hydrogen-bond acceptors (Lipinski definition) is 1. The van der Waals surface area contributed by atoms with E-state index in [1.54, 1.807) is 4.57 Å². The molecule has 0 saturated carbocycles. The molecule has 0 fully saturated rings. The lowest BCUT2D eigenvalue weighted by Crippen LogP contribution is -2.19. The first-order valence-corrected chi connectivity index (χ1v) is 8.04. The van der Waals surface area contributed by atoms with Gasteiger partial charge in [0.25, 0.3) is 5.56 Å². The van der Waals surface area contributed by atoms with Crippen molar-refractivity contribution in [2.75, 3.05) is 0 Å². The summed E-state index contributed by atoms with van der Waals surface area (Å²) in [6.07, 6.45) is 7.74. The van der Waals surface area contributed by atoms with Crippen LogP contribution in [-0.4, -0.2) is 9.55 Å². The molecule has 0 spiro atoms. The lowest BCUT2D eigenvalue weighted by Gasteiger charge is -2.11. The summed E-state index contributed by atoms with van der Waals surface area (Å²) in [5, 5.41) is 0.976. The van der Waals surface area contributed by atoms with Crippen molar-refractivity contribution in [3.05, 3.63) is 70.8 Å². The molecular weight excluding hydrogens is 284 g/mol. The molecule has 118 valence electrons. The van der Waals surface area contributed by atoms with Gasteiger partial charge in [0.1, 0.15) is 5.52 Å². The Labute approximate surface area is 136 Å². The minimum atomic E-state index is 0.0191. The highest BCUT2D eigenvalue weighted by Gasteiger charge is 2.11. The average Bonchev–Trinajstić information content (AvgIpc) is 3.04. The van der Waals surface area contributed by atoms with E-state index in [2.05, 4.69) is 43.1 Å². The molecule has 3 nitrogen and oxygen atoms in total. The Bertz CT molecular complexity index is 896. The van der Waals surface area contributed by atoms with E-state index < -0.39 is 0 Å². The van der Waals surface area contributed by atoms with Crippen molar-refractivity contribution in [1.29, 1.82) is 0 Å². The molecule has 0 aliphatic carbocycles. The summed E-state index contributed by atoms with van der Waals surface area (Å²) in [6, 6.07) is 10.6. The molecule has 0 aliphatic heterocycles. The van der Waals surface area contributed by atoms with Gasteiger partial charge in [0.2, 0.25) is 0 Å². The second-order valence-electron chi connectivity index (χ2n) is 6.11. The first-order chi connectivity index (χ1) is 11.1. The maximum atomic E-state index is 12.5. The summed E-state index contributed by atoms with van der Waals surface area (Å²) >= 11 is 0. The summed E-state index contributed by atoms with van der Waals surface area (Å²) in [5.41, 5.74) is 4.22. The van der Waals surface area contributed by atoms with Crippen LogP contribution in [0.15, 0.2) is 59.7 Å². The molecule has 0 radical (unpaired) electrons. The molecule has 2 heterocycles. The Hall–Kier alpha value is -2.55. The first-order valence-electron chi connectivity index (χ1n) is 8.04. The molecule has 0 atom stereocenters. The normalized spacial score (nSPS) is 11.8. The first kappa shape index (κ1) is 15.3. The number of nitrogens with one attached hydrogen (secondary N) is 1. The van der Waals surface area contributed by atoms with E-state index in [0.29, 0.717) is 18.0 Å². The van der Waals surface area contributed by atoms with Crippen LogP contribution in [0.4, 0.5) is 0 Å². The molecule has 23 heavy (non-hydrogen) atoms. The summed E-state index contributed by atoms with van der Waals surface area (Å²) in [7, 11) is 0. The molecule has 3 rings (SSSR count). The SMILES string of the molecule is C/C=C/Cn1cc(-c2ccc(C(C)C)cc2)c2cc[nH]c2c1=O. The average molecular weight is 306 g/mol. The van der Waals surface area contributed by atoms with Gasteiger partial charge in [0, 0.05) is 29.9 Å². The van der Waals surface area contributed by atoms with Gasteiger partial charge in [-0.15, -0.1) is 0 Å². The largest absolute Gasteiger partial charge is 0.357 e. The van der Waals surface area contributed by atoms with Crippen molar-refractivity contribution in [1.82, 2.24) is 9.55 Å². The van der Waals surface area contributed by atoms with E-state index >= 15 is 0 Å². The van der Waals surface area contributed by atoms with Crippen molar-refractivity contribution in [2.45, 2.75) is 33.2 Å². The number of rotatable bonds is 4. The molecule has 0 unspecified atom stereocenters. The number of aromatic amines is 1. The van der Waals surface area contributed by atoms with Crippen LogP contribution in [0.1, 0.15) is 32.3 Å². The van der Waals surface area contributed by atoms with Gasteiger partial charge < -0.3 is 9.55 Å². The van der Waals surface area contributed by atoms with Gasteiger partial charge in [-0.05, 0) is 30.0 Å². The van der Waals surface area contributed by atoms with Gasteiger partial charge in [0.05, 0.1) is 0 Å². The van der Waals surface area contributed by atoms with Crippen LogP contribution < -0.4 is 5.56 Å². The summed E-state index contributed by atoms with van der Waals surface area (Å²) < 4.78 is 1.75. The van der Waals surface area contributed by atoms with Gasteiger partial charge >= 0.3 is 0 Å². The highest BCUT2D eigenvalue weighted by Crippen LogP contribution is 2.28. The Morgan fingerprint density at radius 2 is 1.91 bits per heavy atom. The Morgan fingerprint density at radius 1 is 1.17 bits per heavy atom. The number of fused-ring (bicyclic) bond motifs is 1. The number of pyridine rings is 1. The number of H-pyrrole nitrogens is 1. The Kier molecular flexibility index (Phi) is 4.20. The van der Waals surface area contributed by atoms with Crippen molar-refractivity contribution < 1.29 is 0 Å². The topological polar surface area (TPSA) is 37.8 Å². The zero-order valence-electron chi connectivity index (χ0n) is 13.8. The van der Waals surface area contributed by atoms with Gasteiger partial charge in [-0.2, -0.15) is 0 Å². The van der Waals surface area contributed by atoms with Crippen molar-refractivity contribution in [3.8, 4) is 11.1 Å². The molecule has 3 heteroatoms. The Morgan fingerprint density at radius 3 is 2.57 bits per heavy atom. The number of aromatic nitrogens is 2. The lowest BCUT2D eigenvalue weighted by molar-refractivity contribution is 0.787. The lowest BCUT2D eigenvalue weighted by atomic mass is 9.98. The third-order valence-electron chi connectivity index (χ3n) is 4.22. The van der Waals surface area contributed by atoms with Crippen LogP contribution in [0.2, 0.25) is 0 Å². The van der Waals surface area contributed by atoms with Crippen LogP contribution in [0.25, 0.3) is 22.0 Å². The van der Waals surface area contributed by atoms with Crippen LogP contribution >= 0.6 is 0 Å². The van der Waals surface area contributed by atoms with Crippen LogP contribution in [0.5, 0.6) is 0 Å². The molecule has 2 aromatic heterocycles. The summed E-state index contributed by atoms with van der Waals surface area (Å²) in [6.45, 7) is 6.93. The number of allylic oxidation sites excluding steroid dienone is 2. The third kappa shape index (κ3) is 2.87. The highest BCUT2D eigenvalue weighted by atomic mass is 16.1. The van der Waals surface area contributed by atoms with E-state index in [-0.39, 0.29) is 5.56 Å². The molecule has 0 bridgehead atoms. The van der Waals surface area contributed by atoms with Crippen LogP contribution in [-0.2, 0) is 6.54 Å². The minimum Gasteiger partial charge on any atom is -0.357 e. The standard InChI is InChI=1S/C20H22N2O/c1-4-5-12-22-13-18(17-10-11-21-19(17)20(22)23)16-8-6-15(7-9-16)14(2)3/h4-11,13-14,21H,12H2,1-3H3/b5-4+. The molecular formula is C20H22N2O. The second kappa shape index (κ2) is 6.29. The fraction of sp³-hybridized carbons (Fsp3) is 0.250. The van der Waals surface area contributed by atoms with Gasteiger partial charge in [-0.1, -0.05) is 50.3 Å². The molecule has 1 N–H and O–H groups in total. The molecule has 0 aliphatic rings. The van der Waals surface area contributed by atoms with E-state index in [9.17, 15) is 4.79 Å². The van der Waals surface area contributed by atoms with E-state index in [1.807, 2.05) is 37.5 Å². The third-order valence-corrected chi connectivity index (χ3v) is 4.22. The number of hydrogen-bond donors (Lipinski definition) is 1. The van der Waals surface area contributed by atoms with Gasteiger partial charge in [-0.3, -0.25) is 4.79 Å². The summed E-state index contributed by atoms with van der Waals surface area (Å²) in [5.74, 6) is 0.514. The monoisotopic (exact) mass is 306 g/mol. The number of benzene rings is 1. The van der Waals surface area contributed by atoms with E-state index in [0.717, 1.165) is 16.5 Å². The second-order valence-corrected chi connectivity index (χ2v) is 6.11. The smallest absolute Gasteiger partial charge is 0.275 e. The summed E-state index contributed by atoms with van der Waals surface area (Å²) in [4.78, 5) is 15.6. The predicted octanol–water partition coefficient (Wildman–Crippen LogP) is 4.70. The Balaban J connectivity index is 2.17. The van der Waals surface area contributed by atoms with E-state index in [4.69, 9.17) is 0 Å². The number of nitrogens with zero attached hydrogens (tertiary/aromatic N) is 1. The molecule has 1 aromatic carbocycles. The quantitative estimate of drug-likeness (QED) is 0.697. The zero-order valence-corrected chi connectivity index (χ0v) is 13.8. The molecule has 0 saturated heterocycles. The van der Waals surface area contributed by atoms with Gasteiger partial charge in [-0.25, -0.2) is 0 Å². The predicted molar refractivity (Wildman–Crippen MR) is 96.9 cm³/mol. The minimum absolute atomic E-state index is 0.0191. The molecule has 3 aromatic rings. The maximum absolute atomic E-state index is 12.5. The zero-order chi connectivity index (χ0) is 16.4. The molecule has 0 amide bonds. The van der Waals surface area contributed by atoms with Crippen molar-refractivity contribution in [2.24, 2.45) is 0 Å². The van der Waals surface area contributed by atoms with E-state index in [1.165, 1.54) is 5.56 Å². The van der Waals surface area contributed by atoms with Crippen molar-refractivity contribution in [3.63, 3.8) is 0 Å². The highest BCUT2D eigenvalue weighted by molar-refractivity contribution is 5.94. The van der Waals surface area contributed by atoms with Crippen LogP contribution in [0, 0.1) is 0 Å². The van der Waals surface area contributed by atoms with Gasteiger partial charge in [0.15, 0.2) is 0 Å². The van der Waals surface area contributed by atoms with Crippen LogP contribution in [0.3, 0.4) is 0 Å².